The zero-order valence-electron chi connectivity index (χ0n) is 18.0. The number of para-hydroxylation sites is 1. The molecule has 3 amide bonds. The number of carbonyl (C=O) groups is 4. The Bertz CT molecular complexity index is 1280. The lowest BCUT2D eigenvalue weighted by atomic mass is 10.1. The van der Waals surface area contributed by atoms with Gasteiger partial charge in [0.05, 0.1) is 42.0 Å². The first-order valence-electron chi connectivity index (χ1n) is 10.4. The van der Waals surface area contributed by atoms with E-state index in [0.717, 1.165) is 4.90 Å². The van der Waals surface area contributed by atoms with Gasteiger partial charge in [-0.15, -0.1) is 0 Å². The maximum absolute atomic E-state index is 12.7. The summed E-state index contributed by atoms with van der Waals surface area (Å²) in [6.45, 7) is -0.419. The monoisotopic (exact) mass is 457 g/mol. The Morgan fingerprint density at radius 1 is 1.00 bits per heavy atom. The minimum Gasteiger partial charge on any atom is -0.467 e. The van der Waals surface area contributed by atoms with Crippen LogP contribution in [0.2, 0.25) is 0 Å². The van der Waals surface area contributed by atoms with Crippen LogP contribution in [0.15, 0.2) is 71.3 Å². The summed E-state index contributed by atoms with van der Waals surface area (Å²) in [4.78, 5) is 53.0. The predicted molar refractivity (Wildman–Crippen MR) is 119 cm³/mol. The highest BCUT2D eigenvalue weighted by Crippen LogP contribution is 2.26. The smallest absolute Gasteiger partial charge is 0.338 e. The second-order valence-electron chi connectivity index (χ2n) is 7.40. The first-order valence-corrected chi connectivity index (χ1v) is 10.4. The number of nitriles is 1. The average Bonchev–Trinajstić information content (AvgIpc) is 3.46. The van der Waals surface area contributed by atoms with Gasteiger partial charge in [-0.25, -0.2) is 4.79 Å². The third kappa shape index (κ3) is 4.56. The van der Waals surface area contributed by atoms with E-state index in [1.807, 2.05) is 6.07 Å². The van der Waals surface area contributed by atoms with Crippen molar-refractivity contribution in [2.45, 2.75) is 13.0 Å². The molecule has 1 aromatic heterocycles. The van der Waals surface area contributed by atoms with E-state index in [9.17, 15) is 19.2 Å². The van der Waals surface area contributed by atoms with Crippen LogP contribution < -0.4 is 4.90 Å². The molecule has 2 aromatic carbocycles. The molecule has 0 saturated carbocycles. The summed E-state index contributed by atoms with van der Waals surface area (Å²) in [5, 5.41) is 8.88. The van der Waals surface area contributed by atoms with Gasteiger partial charge in [-0.3, -0.25) is 19.3 Å². The standard InChI is InChI=1S/C25H19N3O6/c26-11-5-12-27(18-6-2-1-3-7-18)22(29)16-34-25(32)17-9-10-20-21(14-17)24(31)28(23(20)30)15-19-8-4-13-33-19/h1-4,6-10,13-14H,5,12,15-16H2. The van der Waals surface area contributed by atoms with E-state index in [0.29, 0.717) is 11.4 Å². The Labute approximate surface area is 194 Å². The molecule has 0 fully saturated rings. The molecule has 4 rings (SSSR count). The fourth-order valence-electron chi connectivity index (χ4n) is 3.58. The number of ether oxygens (including phenoxy) is 1. The van der Waals surface area contributed by atoms with Crippen LogP contribution in [-0.4, -0.2) is 41.7 Å². The van der Waals surface area contributed by atoms with E-state index >= 15 is 0 Å². The number of carbonyl (C=O) groups excluding carboxylic acids is 4. The fourth-order valence-corrected chi connectivity index (χ4v) is 3.58. The Morgan fingerprint density at radius 3 is 2.47 bits per heavy atom. The summed E-state index contributed by atoms with van der Waals surface area (Å²) in [5.41, 5.74) is 0.876. The Balaban J connectivity index is 1.44. The van der Waals surface area contributed by atoms with Crippen molar-refractivity contribution in [2.24, 2.45) is 0 Å². The summed E-state index contributed by atoms with van der Waals surface area (Å²) >= 11 is 0. The Morgan fingerprint density at radius 2 is 1.76 bits per heavy atom. The van der Waals surface area contributed by atoms with Crippen molar-refractivity contribution in [3.63, 3.8) is 0 Å². The number of hydrogen-bond donors (Lipinski definition) is 0. The van der Waals surface area contributed by atoms with Crippen molar-refractivity contribution in [1.29, 1.82) is 5.26 Å². The lowest BCUT2D eigenvalue weighted by Crippen LogP contribution is -2.35. The minimum atomic E-state index is -0.811. The van der Waals surface area contributed by atoms with Crippen molar-refractivity contribution in [2.75, 3.05) is 18.1 Å². The molecule has 34 heavy (non-hydrogen) atoms. The van der Waals surface area contributed by atoms with Crippen LogP contribution in [0.25, 0.3) is 0 Å². The van der Waals surface area contributed by atoms with Gasteiger partial charge in [0.2, 0.25) is 0 Å². The quantitative estimate of drug-likeness (QED) is 0.376. The van der Waals surface area contributed by atoms with Crippen LogP contribution in [0.1, 0.15) is 43.3 Å². The SMILES string of the molecule is N#CCCN(C(=O)COC(=O)c1ccc2c(c1)C(=O)N(Cc1ccco1)C2=O)c1ccccc1. The zero-order chi connectivity index (χ0) is 24.1. The summed E-state index contributed by atoms with van der Waals surface area (Å²) in [5.74, 6) is -1.88. The highest BCUT2D eigenvalue weighted by atomic mass is 16.5. The number of fused-ring (bicyclic) bond motifs is 1. The predicted octanol–water partition coefficient (Wildman–Crippen LogP) is 3.18. The third-order valence-corrected chi connectivity index (χ3v) is 5.24. The van der Waals surface area contributed by atoms with Crippen LogP contribution in [0.5, 0.6) is 0 Å². The van der Waals surface area contributed by atoms with Gasteiger partial charge in [0, 0.05) is 12.2 Å². The molecule has 0 unspecified atom stereocenters. The lowest BCUT2D eigenvalue weighted by molar-refractivity contribution is -0.121. The van der Waals surface area contributed by atoms with Crippen molar-refractivity contribution >= 4 is 29.4 Å². The molecule has 3 aromatic rings. The van der Waals surface area contributed by atoms with Gasteiger partial charge in [0.25, 0.3) is 17.7 Å². The maximum atomic E-state index is 12.7. The largest absolute Gasteiger partial charge is 0.467 e. The van der Waals surface area contributed by atoms with Crippen LogP contribution in [0.3, 0.4) is 0 Å². The van der Waals surface area contributed by atoms with E-state index in [-0.39, 0.29) is 36.2 Å². The number of anilines is 1. The average molecular weight is 457 g/mol. The van der Waals surface area contributed by atoms with E-state index in [1.54, 1.807) is 42.5 Å². The Kier molecular flexibility index (Phi) is 6.50. The maximum Gasteiger partial charge on any atom is 0.338 e. The van der Waals surface area contributed by atoms with Crippen molar-refractivity contribution in [3.8, 4) is 6.07 Å². The molecule has 1 aliphatic rings. The number of hydrogen-bond acceptors (Lipinski definition) is 7. The highest BCUT2D eigenvalue weighted by Gasteiger charge is 2.36. The zero-order valence-corrected chi connectivity index (χ0v) is 18.0. The minimum absolute atomic E-state index is 0.0222. The summed E-state index contributed by atoms with van der Waals surface area (Å²) in [7, 11) is 0. The normalized spacial score (nSPS) is 12.3. The van der Waals surface area contributed by atoms with E-state index in [4.69, 9.17) is 14.4 Å². The second kappa shape index (κ2) is 9.83. The van der Waals surface area contributed by atoms with Gasteiger partial charge in [0.15, 0.2) is 6.61 Å². The van der Waals surface area contributed by atoms with Crippen LogP contribution in [-0.2, 0) is 16.1 Å². The van der Waals surface area contributed by atoms with Gasteiger partial charge in [-0.1, -0.05) is 18.2 Å². The lowest BCUT2D eigenvalue weighted by Gasteiger charge is -2.21. The van der Waals surface area contributed by atoms with Gasteiger partial charge >= 0.3 is 5.97 Å². The molecule has 9 nitrogen and oxygen atoms in total. The highest BCUT2D eigenvalue weighted by molar-refractivity contribution is 6.21. The molecule has 170 valence electrons. The number of benzene rings is 2. The number of nitrogens with zero attached hydrogens (tertiary/aromatic N) is 3. The van der Waals surface area contributed by atoms with Crippen molar-refractivity contribution in [1.82, 2.24) is 4.90 Å². The molecule has 0 spiro atoms. The molecular weight excluding hydrogens is 438 g/mol. The molecule has 0 aliphatic carbocycles. The van der Waals surface area contributed by atoms with E-state index in [1.165, 1.54) is 29.4 Å². The van der Waals surface area contributed by atoms with Crippen LogP contribution >= 0.6 is 0 Å². The molecule has 0 saturated heterocycles. The molecular formula is C25H19N3O6. The summed E-state index contributed by atoms with van der Waals surface area (Å²) < 4.78 is 10.4. The van der Waals surface area contributed by atoms with E-state index < -0.39 is 30.3 Å². The number of furan rings is 1. The number of esters is 1. The van der Waals surface area contributed by atoms with Crippen LogP contribution in [0.4, 0.5) is 5.69 Å². The second-order valence-corrected chi connectivity index (χ2v) is 7.40. The van der Waals surface area contributed by atoms with Gasteiger partial charge in [0.1, 0.15) is 5.76 Å². The number of rotatable bonds is 8. The molecule has 9 heteroatoms. The number of amides is 3. The molecule has 0 N–H and O–H groups in total. The molecule has 0 atom stereocenters. The van der Waals surface area contributed by atoms with E-state index in [2.05, 4.69) is 0 Å². The van der Waals surface area contributed by atoms with Gasteiger partial charge in [-0.05, 0) is 42.5 Å². The summed E-state index contributed by atoms with van der Waals surface area (Å²) in [6, 6.07) is 18.1. The first-order chi connectivity index (χ1) is 16.5. The molecule has 0 bridgehead atoms. The first kappa shape index (κ1) is 22.5. The number of imide groups is 1. The molecule has 0 radical (unpaired) electrons. The molecule has 2 heterocycles. The van der Waals surface area contributed by atoms with Crippen molar-refractivity contribution < 1.29 is 28.3 Å². The van der Waals surface area contributed by atoms with Gasteiger partial charge < -0.3 is 14.1 Å². The van der Waals surface area contributed by atoms with Crippen LogP contribution in [0, 0.1) is 11.3 Å². The van der Waals surface area contributed by atoms with Crippen molar-refractivity contribution in [3.05, 3.63) is 89.4 Å². The fraction of sp³-hybridized carbons (Fsp3) is 0.160. The Hall–Kier alpha value is -4.71. The van der Waals surface area contributed by atoms with Gasteiger partial charge in [-0.2, -0.15) is 5.26 Å². The third-order valence-electron chi connectivity index (χ3n) is 5.24. The summed E-state index contributed by atoms with van der Waals surface area (Å²) in [6.07, 6.45) is 1.56. The topological polar surface area (TPSA) is 121 Å². The molecule has 1 aliphatic heterocycles.